The smallest absolute Gasteiger partial charge is 0.125 e. The van der Waals surface area contributed by atoms with E-state index in [-0.39, 0.29) is 11.4 Å². The van der Waals surface area contributed by atoms with Crippen molar-refractivity contribution in [2.75, 3.05) is 0 Å². The predicted octanol–water partition coefficient (Wildman–Crippen LogP) is 2.93. The molecule has 2 rings (SSSR count). The Morgan fingerprint density at radius 2 is 2.00 bits per heavy atom. The fourth-order valence-electron chi connectivity index (χ4n) is 1.52. The van der Waals surface area contributed by atoms with E-state index in [1.807, 2.05) is 4.57 Å². The summed E-state index contributed by atoms with van der Waals surface area (Å²) in [5.74, 6) is -0.219. The van der Waals surface area contributed by atoms with Crippen LogP contribution in [0.2, 0.25) is 0 Å². The standard InChI is InChI=1S/C11H13FN2/c1-11(2,3)14-7-13-9-5-4-8(12)6-10(9)14/h4-7H,1-3H3. The lowest BCUT2D eigenvalue weighted by molar-refractivity contribution is 0.408. The number of halogens is 1. The van der Waals surface area contributed by atoms with Crippen LogP contribution in [0.3, 0.4) is 0 Å². The van der Waals surface area contributed by atoms with Crippen LogP contribution in [0.1, 0.15) is 20.8 Å². The summed E-state index contributed by atoms with van der Waals surface area (Å²) in [5.41, 5.74) is 1.61. The van der Waals surface area contributed by atoms with Crippen LogP contribution in [0.25, 0.3) is 11.0 Å². The summed E-state index contributed by atoms with van der Waals surface area (Å²) in [4.78, 5) is 4.22. The van der Waals surface area contributed by atoms with Crippen molar-refractivity contribution in [1.29, 1.82) is 0 Å². The number of imidazole rings is 1. The van der Waals surface area contributed by atoms with E-state index in [4.69, 9.17) is 0 Å². The maximum absolute atomic E-state index is 13.0. The molecule has 1 heterocycles. The largest absolute Gasteiger partial charge is 0.325 e. The lowest BCUT2D eigenvalue weighted by atomic mass is 10.1. The molecule has 0 radical (unpaired) electrons. The van der Waals surface area contributed by atoms with E-state index in [1.165, 1.54) is 12.1 Å². The Kier molecular flexibility index (Phi) is 1.84. The average Bonchev–Trinajstić information content (AvgIpc) is 2.45. The normalized spacial score (nSPS) is 12.3. The lowest BCUT2D eigenvalue weighted by Crippen LogP contribution is -2.20. The fraction of sp³-hybridized carbons (Fsp3) is 0.364. The van der Waals surface area contributed by atoms with Gasteiger partial charge in [-0.05, 0) is 39.0 Å². The minimum absolute atomic E-state index is 0.0669. The van der Waals surface area contributed by atoms with Gasteiger partial charge in [0.1, 0.15) is 5.82 Å². The molecule has 0 spiro atoms. The topological polar surface area (TPSA) is 17.8 Å². The Bertz CT molecular complexity index is 466. The molecule has 0 atom stereocenters. The highest BCUT2D eigenvalue weighted by Gasteiger charge is 2.15. The van der Waals surface area contributed by atoms with Gasteiger partial charge in [-0.25, -0.2) is 9.37 Å². The van der Waals surface area contributed by atoms with Gasteiger partial charge in [-0.1, -0.05) is 0 Å². The molecule has 1 aromatic heterocycles. The summed E-state index contributed by atoms with van der Waals surface area (Å²) in [5, 5.41) is 0. The summed E-state index contributed by atoms with van der Waals surface area (Å²) in [6, 6.07) is 4.66. The highest BCUT2D eigenvalue weighted by atomic mass is 19.1. The summed E-state index contributed by atoms with van der Waals surface area (Å²) in [6.45, 7) is 6.21. The number of hydrogen-bond acceptors (Lipinski definition) is 1. The van der Waals surface area contributed by atoms with Crippen LogP contribution in [0.4, 0.5) is 4.39 Å². The molecule has 14 heavy (non-hydrogen) atoms. The van der Waals surface area contributed by atoms with Gasteiger partial charge in [0.05, 0.1) is 17.4 Å². The van der Waals surface area contributed by atoms with Gasteiger partial charge in [-0.2, -0.15) is 0 Å². The first-order chi connectivity index (χ1) is 6.48. The molecular weight excluding hydrogens is 179 g/mol. The first-order valence-corrected chi connectivity index (χ1v) is 4.61. The molecule has 0 saturated heterocycles. The van der Waals surface area contributed by atoms with Crippen LogP contribution in [0.15, 0.2) is 24.5 Å². The molecule has 0 aliphatic carbocycles. The van der Waals surface area contributed by atoms with Crippen molar-refractivity contribution in [3.8, 4) is 0 Å². The van der Waals surface area contributed by atoms with E-state index in [0.29, 0.717) is 0 Å². The molecule has 1 aromatic carbocycles. The number of nitrogens with zero attached hydrogens (tertiary/aromatic N) is 2. The van der Waals surface area contributed by atoms with Gasteiger partial charge in [0.15, 0.2) is 0 Å². The molecule has 0 unspecified atom stereocenters. The van der Waals surface area contributed by atoms with E-state index >= 15 is 0 Å². The molecule has 3 heteroatoms. The van der Waals surface area contributed by atoms with Gasteiger partial charge < -0.3 is 4.57 Å². The molecule has 0 saturated carbocycles. The zero-order valence-electron chi connectivity index (χ0n) is 8.58. The Balaban J connectivity index is 2.73. The maximum atomic E-state index is 13.0. The number of benzene rings is 1. The van der Waals surface area contributed by atoms with E-state index in [1.54, 1.807) is 12.4 Å². The van der Waals surface area contributed by atoms with Crippen LogP contribution in [0.5, 0.6) is 0 Å². The van der Waals surface area contributed by atoms with Gasteiger partial charge in [-0.3, -0.25) is 0 Å². The molecule has 2 nitrogen and oxygen atoms in total. The van der Waals surface area contributed by atoms with Crippen LogP contribution >= 0.6 is 0 Å². The summed E-state index contributed by atoms with van der Waals surface area (Å²) in [7, 11) is 0. The second-order valence-corrected chi connectivity index (χ2v) is 4.42. The highest BCUT2D eigenvalue weighted by Crippen LogP contribution is 2.22. The van der Waals surface area contributed by atoms with Gasteiger partial charge >= 0.3 is 0 Å². The Morgan fingerprint density at radius 3 is 2.64 bits per heavy atom. The Morgan fingerprint density at radius 1 is 1.29 bits per heavy atom. The van der Waals surface area contributed by atoms with Crippen molar-refractivity contribution in [3.05, 3.63) is 30.3 Å². The second kappa shape index (κ2) is 2.80. The van der Waals surface area contributed by atoms with Gasteiger partial charge in [0.2, 0.25) is 0 Å². The number of hydrogen-bond donors (Lipinski definition) is 0. The van der Waals surface area contributed by atoms with Crippen molar-refractivity contribution < 1.29 is 4.39 Å². The number of fused-ring (bicyclic) bond motifs is 1. The lowest BCUT2D eigenvalue weighted by Gasteiger charge is -2.21. The van der Waals surface area contributed by atoms with Gasteiger partial charge in [-0.15, -0.1) is 0 Å². The number of rotatable bonds is 0. The summed E-state index contributed by atoms with van der Waals surface area (Å²) >= 11 is 0. The van der Waals surface area contributed by atoms with Crippen LogP contribution < -0.4 is 0 Å². The fourth-order valence-corrected chi connectivity index (χ4v) is 1.52. The average molecular weight is 192 g/mol. The third-order valence-corrected chi connectivity index (χ3v) is 2.23. The van der Waals surface area contributed by atoms with Gasteiger partial charge in [0.25, 0.3) is 0 Å². The van der Waals surface area contributed by atoms with E-state index < -0.39 is 0 Å². The first kappa shape index (κ1) is 9.19. The third kappa shape index (κ3) is 1.39. The molecule has 0 amide bonds. The predicted molar refractivity (Wildman–Crippen MR) is 54.7 cm³/mol. The van der Waals surface area contributed by atoms with Crippen molar-refractivity contribution >= 4 is 11.0 Å². The van der Waals surface area contributed by atoms with E-state index in [2.05, 4.69) is 25.8 Å². The molecule has 0 fully saturated rings. The van der Waals surface area contributed by atoms with Crippen molar-refractivity contribution in [2.24, 2.45) is 0 Å². The third-order valence-electron chi connectivity index (χ3n) is 2.23. The summed E-state index contributed by atoms with van der Waals surface area (Å²) in [6.07, 6.45) is 1.75. The monoisotopic (exact) mass is 192 g/mol. The number of aromatic nitrogens is 2. The van der Waals surface area contributed by atoms with Crippen molar-refractivity contribution in [2.45, 2.75) is 26.3 Å². The Hall–Kier alpha value is -1.38. The SMILES string of the molecule is CC(C)(C)n1cnc2ccc(F)cc21. The minimum atomic E-state index is -0.219. The molecule has 0 bridgehead atoms. The molecule has 0 aliphatic rings. The zero-order valence-corrected chi connectivity index (χ0v) is 8.58. The molecule has 0 aliphatic heterocycles. The highest BCUT2D eigenvalue weighted by molar-refractivity contribution is 5.75. The zero-order chi connectivity index (χ0) is 10.3. The molecule has 2 aromatic rings. The molecule has 0 N–H and O–H groups in total. The first-order valence-electron chi connectivity index (χ1n) is 4.61. The van der Waals surface area contributed by atoms with E-state index in [0.717, 1.165) is 11.0 Å². The van der Waals surface area contributed by atoms with Crippen molar-refractivity contribution in [3.63, 3.8) is 0 Å². The maximum Gasteiger partial charge on any atom is 0.125 e. The second-order valence-electron chi connectivity index (χ2n) is 4.42. The van der Waals surface area contributed by atoms with Gasteiger partial charge in [0, 0.05) is 5.54 Å². The minimum Gasteiger partial charge on any atom is -0.325 e. The molecular formula is C11H13FN2. The van der Waals surface area contributed by atoms with E-state index in [9.17, 15) is 4.39 Å². The summed E-state index contributed by atoms with van der Waals surface area (Å²) < 4.78 is 15.0. The van der Waals surface area contributed by atoms with Crippen molar-refractivity contribution in [1.82, 2.24) is 9.55 Å². The van der Waals surface area contributed by atoms with Crippen LogP contribution in [-0.4, -0.2) is 9.55 Å². The Labute approximate surface area is 82.4 Å². The van der Waals surface area contributed by atoms with Crippen LogP contribution in [0, 0.1) is 5.82 Å². The molecule has 74 valence electrons. The van der Waals surface area contributed by atoms with Crippen LogP contribution in [-0.2, 0) is 5.54 Å². The quantitative estimate of drug-likeness (QED) is 0.627.